The molecule has 0 aromatic carbocycles. The van der Waals surface area contributed by atoms with Gasteiger partial charge in [0.2, 0.25) is 0 Å². The van der Waals surface area contributed by atoms with Crippen LogP contribution in [-0.4, -0.2) is 30.4 Å². The maximum atomic E-state index is 11.8. The van der Waals surface area contributed by atoms with E-state index in [2.05, 4.69) is 6.92 Å². The van der Waals surface area contributed by atoms with Crippen molar-refractivity contribution in [3.63, 3.8) is 0 Å². The number of ether oxygens (including phenoxy) is 3. The minimum atomic E-state index is -0.514. The van der Waals surface area contributed by atoms with Crippen molar-refractivity contribution in [3.05, 3.63) is 0 Å². The summed E-state index contributed by atoms with van der Waals surface area (Å²) in [6.45, 7) is 10.4. The van der Waals surface area contributed by atoms with Crippen LogP contribution in [0.15, 0.2) is 0 Å². The summed E-state index contributed by atoms with van der Waals surface area (Å²) in [4.78, 5) is 23.5. The standard InChI is InChI=1S/C30H58O5/c1-6-7-8-9-10-12-15-18-21-24-27(2)34-29(32)33-26-23-20-17-14-11-13-16-19-22-25-28(31)35-30(3,4)5/h27H,6-26H2,1-5H3. The molecule has 0 radical (unpaired) electrons. The molecule has 0 saturated carbocycles. The van der Waals surface area contributed by atoms with Crippen LogP contribution in [0.3, 0.4) is 0 Å². The molecule has 0 N–H and O–H groups in total. The van der Waals surface area contributed by atoms with E-state index in [4.69, 9.17) is 14.2 Å². The first-order chi connectivity index (χ1) is 16.7. The fraction of sp³-hybridized carbons (Fsp3) is 0.933. The summed E-state index contributed by atoms with van der Waals surface area (Å²) in [7, 11) is 0. The fourth-order valence-electron chi connectivity index (χ4n) is 4.16. The Hall–Kier alpha value is -1.26. The van der Waals surface area contributed by atoms with Gasteiger partial charge in [0.05, 0.1) is 6.61 Å². The zero-order chi connectivity index (χ0) is 26.2. The number of hydrogen-bond acceptors (Lipinski definition) is 5. The van der Waals surface area contributed by atoms with E-state index in [1.165, 1.54) is 83.5 Å². The zero-order valence-corrected chi connectivity index (χ0v) is 24.0. The molecule has 35 heavy (non-hydrogen) atoms. The third kappa shape index (κ3) is 27.2. The van der Waals surface area contributed by atoms with E-state index in [0.29, 0.717) is 13.0 Å². The molecule has 0 aromatic rings. The Kier molecular flexibility index (Phi) is 22.3. The minimum Gasteiger partial charge on any atom is -0.460 e. The molecule has 0 aromatic heterocycles. The second-order valence-corrected chi connectivity index (χ2v) is 11.2. The molecule has 0 heterocycles. The molecular formula is C30H58O5. The minimum absolute atomic E-state index is 0.0591. The van der Waals surface area contributed by atoms with E-state index in [-0.39, 0.29) is 17.7 Å². The third-order valence-corrected chi connectivity index (χ3v) is 6.18. The van der Waals surface area contributed by atoms with E-state index in [1.54, 1.807) is 0 Å². The first-order valence-corrected chi connectivity index (χ1v) is 14.8. The Morgan fingerprint density at radius 1 is 0.657 bits per heavy atom. The highest BCUT2D eigenvalue weighted by atomic mass is 16.7. The Morgan fingerprint density at radius 3 is 1.63 bits per heavy atom. The van der Waals surface area contributed by atoms with Crippen molar-refractivity contribution in [1.82, 2.24) is 0 Å². The van der Waals surface area contributed by atoms with Gasteiger partial charge in [-0.25, -0.2) is 4.79 Å². The Morgan fingerprint density at radius 2 is 1.11 bits per heavy atom. The van der Waals surface area contributed by atoms with Gasteiger partial charge in [-0.3, -0.25) is 4.79 Å². The van der Waals surface area contributed by atoms with Crippen molar-refractivity contribution in [3.8, 4) is 0 Å². The van der Waals surface area contributed by atoms with Crippen LogP contribution >= 0.6 is 0 Å². The first kappa shape index (κ1) is 33.7. The predicted molar refractivity (Wildman–Crippen MR) is 146 cm³/mol. The smallest absolute Gasteiger partial charge is 0.460 e. The van der Waals surface area contributed by atoms with Crippen LogP contribution in [0.1, 0.15) is 163 Å². The van der Waals surface area contributed by atoms with E-state index in [1.807, 2.05) is 27.7 Å². The topological polar surface area (TPSA) is 61.8 Å². The van der Waals surface area contributed by atoms with Gasteiger partial charge < -0.3 is 14.2 Å². The number of esters is 1. The lowest BCUT2D eigenvalue weighted by Crippen LogP contribution is -2.23. The lowest BCUT2D eigenvalue weighted by molar-refractivity contribution is -0.154. The van der Waals surface area contributed by atoms with E-state index >= 15 is 0 Å². The summed E-state index contributed by atoms with van der Waals surface area (Å²) >= 11 is 0. The molecule has 5 heteroatoms. The highest BCUT2D eigenvalue weighted by Crippen LogP contribution is 2.14. The normalized spacial score (nSPS) is 12.4. The van der Waals surface area contributed by atoms with Crippen molar-refractivity contribution in [1.29, 1.82) is 0 Å². The van der Waals surface area contributed by atoms with Crippen LogP contribution in [0.4, 0.5) is 4.79 Å². The quantitative estimate of drug-likeness (QED) is 0.104. The summed E-state index contributed by atoms with van der Waals surface area (Å²) in [5, 5.41) is 0. The molecule has 0 saturated heterocycles. The summed E-state index contributed by atoms with van der Waals surface area (Å²) in [6.07, 6.45) is 22.6. The van der Waals surface area contributed by atoms with Crippen molar-refractivity contribution >= 4 is 12.1 Å². The summed E-state index contributed by atoms with van der Waals surface area (Å²) in [5.74, 6) is -0.0862. The average molecular weight is 499 g/mol. The SMILES string of the molecule is CCCCCCCCCCCC(C)OC(=O)OCCCCCCCCCCCC(=O)OC(C)(C)C. The molecular weight excluding hydrogens is 440 g/mol. The largest absolute Gasteiger partial charge is 0.508 e. The number of unbranched alkanes of at least 4 members (excludes halogenated alkanes) is 16. The Balaban J connectivity index is 3.37. The molecule has 5 nitrogen and oxygen atoms in total. The molecule has 1 unspecified atom stereocenters. The number of hydrogen-bond donors (Lipinski definition) is 0. The molecule has 1 atom stereocenters. The van der Waals surface area contributed by atoms with Gasteiger partial charge in [-0.05, 0) is 53.4 Å². The van der Waals surface area contributed by atoms with Crippen LogP contribution in [0.2, 0.25) is 0 Å². The van der Waals surface area contributed by atoms with Gasteiger partial charge >= 0.3 is 12.1 Å². The van der Waals surface area contributed by atoms with Gasteiger partial charge in [-0.2, -0.15) is 0 Å². The van der Waals surface area contributed by atoms with Gasteiger partial charge in [0.25, 0.3) is 0 Å². The second kappa shape index (κ2) is 23.2. The Labute approximate surface area is 217 Å². The number of carbonyl (C=O) groups excluding carboxylic acids is 2. The van der Waals surface area contributed by atoms with Crippen molar-refractivity contribution in [2.24, 2.45) is 0 Å². The molecule has 0 aliphatic rings. The Bertz CT molecular complexity index is 497. The maximum Gasteiger partial charge on any atom is 0.508 e. The second-order valence-electron chi connectivity index (χ2n) is 11.2. The average Bonchev–Trinajstić information content (AvgIpc) is 2.77. The summed E-state index contributed by atoms with van der Waals surface area (Å²) in [5.41, 5.74) is -0.382. The molecule has 0 rings (SSSR count). The van der Waals surface area contributed by atoms with Gasteiger partial charge in [0, 0.05) is 6.42 Å². The van der Waals surface area contributed by atoms with Crippen LogP contribution < -0.4 is 0 Å². The number of carbonyl (C=O) groups is 2. The highest BCUT2D eigenvalue weighted by Gasteiger charge is 2.15. The summed E-state index contributed by atoms with van der Waals surface area (Å²) in [6, 6.07) is 0. The predicted octanol–water partition coefficient (Wildman–Crippen LogP) is 9.69. The lowest BCUT2D eigenvalue weighted by atomic mass is 10.1. The molecule has 0 amide bonds. The van der Waals surface area contributed by atoms with Gasteiger partial charge in [-0.15, -0.1) is 0 Å². The monoisotopic (exact) mass is 498 g/mol. The van der Waals surface area contributed by atoms with Gasteiger partial charge in [0.1, 0.15) is 11.7 Å². The molecule has 0 aliphatic heterocycles. The van der Waals surface area contributed by atoms with E-state index in [0.717, 1.165) is 38.5 Å². The molecule has 0 fully saturated rings. The van der Waals surface area contributed by atoms with Gasteiger partial charge in [0.15, 0.2) is 0 Å². The molecule has 0 aliphatic carbocycles. The van der Waals surface area contributed by atoms with Crippen LogP contribution in [0.25, 0.3) is 0 Å². The van der Waals surface area contributed by atoms with Crippen LogP contribution in [0.5, 0.6) is 0 Å². The van der Waals surface area contributed by atoms with Crippen LogP contribution in [-0.2, 0) is 19.0 Å². The van der Waals surface area contributed by atoms with Crippen molar-refractivity contribution in [2.75, 3.05) is 6.61 Å². The highest BCUT2D eigenvalue weighted by molar-refractivity contribution is 5.69. The molecule has 0 spiro atoms. The molecule has 208 valence electrons. The third-order valence-electron chi connectivity index (χ3n) is 6.18. The van der Waals surface area contributed by atoms with E-state index in [9.17, 15) is 9.59 Å². The number of rotatable bonds is 23. The van der Waals surface area contributed by atoms with Crippen molar-refractivity contribution < 1.29 is 23.8 Å². The van der Waals surface area contributed by atoms with Gasteiger partial charge in [-0.1, -0.05) is 103 Å². The fourth-order valence-corrected chi connectivity index (χ4v) is 4.16. The maximum absolute atomic E-state index is 11.8. The van der Waals surface area contributed by atoms with Crippen LogP contribution in [0, 0.1) is 0 Å². The molecule has 0 bridgehead atoms. The lowest BCUT2D eigenvalue weighted by Gasteiger charge is -2.19. The zero-order valence-electron chi connectivity index (χ0n) is 24.0. The summed E-state index contributed by atoms with van der Waals surface area (Å²) < 4.78 is 15.9. The van der Waals surface area contributed by atoms with E-state index < -0.39 is 6.16 Å². The van der Waals surface area contributed by atoms with Crippen molar-refractivity contribution in [2.45, 2.75) is 175 Å². The first-order valence-electron chi connectivity index (χ1n) is 14.8.